The molecule has 0 radical (unpaired) electrons. The molecule has 2 aliphatic carbocycles. The zero-order valence-corrected chi connectivity index (χ0v) is 17.2. The van der Waals surface area contributed by atoms with Gasteiger partial charge in [0.05, 0.1) is 0 Å². The van der Waals surface area contributed by atoms with E-state index in [1.807, 2.05) is 6.08 Å². The summed E-state index contributed by atoms with van der Waals surface area (Å²) >= 11 is 14.1. The second-order valence-electron chi connectivity index (χ2n) is 5.70. The molecule has 1 atom stereocenters. The number of halogens is 2. The van der Waals surface area contributed by atoms with Gasteiger partial charge in [-0.25, -0.2) is 0 Å². The third-order valence-corrected chi connectivity index (χ3v) is 4.30. The van der Waals surface area contributed by atoms with Gasteiger partial charge in [-0.15, -0.1) is 17.2 Å². The molecule has 1 nitrogen and oxygen atoms in total. The van der Waals surface area contributed by atoms with E-state index in [-0.39, 0.29) is 5.92 Å². The molecule has 0 saturated carbocycles. The Morgan fingerprint density at radius 1 is 1.41 bits per heavy atom. The SMILES string of the molecule is CCCN1[C-]=C(C2=CC=CC2)C2C1=CC(Cl)=C2Cl.C[C](C)=[Zr]. The van der Waals surface area contributed by atoms with Crippen molar-refractivity contribution < 1.29 is 24.2 Å². The number of fused-ring (bicyclic) bond motifs is 1. The maximum absolute atomic E-state index is 6.36. The van der Waals surface area contributed by atoms with E-state index in [2.05, 4.69) is 50.1 Å². The minimum absolute atomic E-state index is 0.108. The van der Waals surface area contributed by atoms with Crippen molar-refractivity contribution >= 4 is 26.4 Å². The third-order valence-electron chi connectivity index (χ3n) is 3.47. The van der Waals surface area contributed by atoms with Crippen molar-refractivity contribution in [2.75, 3.05) is 6.54 Å². The Bertz CT molecular complexity index is 619. The van der Waals surface area contributed by atoms with Crippen LogP contribution in [0.25, 0.3) is 0 Å². The van der Waals surface area contributed by atoms with Gasteiger partial charge in [0.25, 0.3) is 0 Å². The van der Waals surface area contributed by atoms with Crippen molar-refractivity contribution in [1.29, 1.82) is 0 Å². The molecule has 0 aromatic rings. The van der Waals surface area contributed by atoms with Gasteiger partial charge in [0.1, 0.15) is 0 Å². The molecule has 1 aliphatic heterocycles. The summed E-state index contributed by atoms with van der Waals surface area (Å²) in [6.45, 7) is 7.37. The quantitative estimate of drug-likeness (QED) is 0.574. The van der Waals surface area contributed by atoms with E-state index < -0.39 is 0 Å². The fourth-order valence-corrected chi connectivity index (χ4v) is 3.14. The van der Waals surface area contributed by atoms with Crippen LogP contribution in [0.1, 0.15) is 33.6 Å². The Balaban J connectivity index is 0.000000396. The topological polar surface area (TPSA) is 3.24 Å². The molecule has 0 amide bonds. The van der Waals surface area contributed by atoms with E-state index in [0.29, 0.717) is 5.03 Å². The van der Waals surface area contributed by atoms with Crippen LogP contribution in [-0.2, 0) is 24.2 Å². The zero-order valence-electron chi connectivity index (χ0n) is 13.2. The first kappa shape index (κ1) is 18.2. The normalized spacial score (nSPS) is 22.1. The molecule has 1 heterocycles. The van der Waals surface area contributed by atoms with Gasteiger partial charge in [-0.3, -0.25) is 0 Å². The third kappa shape index (κ3) is 4.02. The van der Waals surface area contributed by atoms with Crippen LogP contribution in [0, 0.1) is 12.1 Å². The molecule has 0 spiro atoms. The molecule has 0 aromatic heterocycles. The maximum atomic E-state index is 6.36. The van der Waals surface area contributed by atoms with Gasteiger partial charge in [0.2, 0.25) is 0 Å². The van der Waals surface area contributed by atoms with E-state index in [0.717, 1.165) is 24.4 Å². The minimum atomic E-state index is 0.108. The van der Waals surface area contributed by atoms with Crippen LogP contribution < -0.4 is 0 Å². The molecule has 0 bridgehead atoms. The number of hydrogen-bond acceptors (Lipinski definition) is 1. The van der Waals surface area contributed by atoms with Gasteiger partial charge < -0.3 is 4.90 Å². The Labute approximate surface area is 158 Å². The zero-order chi connectivity index (χ0) is 16.3. The molecule has 116 valence electrons. The van der Waals surface area contributed by atoms with Crippen LogP contribution >= 0.6 is 23.2 Å². The molecule has 4 heteroatoms. The summed E-state index contributed by atoms with van der Waals surface area (Å²) in [5, 5.41) is 1.41. The molecule has 22 heavy (non-hydrogen) atoms. The first-order chi connectivity index (χ1) is 10.5. The fraction of sp³-hybridized carbons (Fsp3) is 0.389. The molecule has 0 saturated heterocycles. The molecule has 3 rings (SSSR count). The van der Waals surface area contributed by atoms with Crippen molar-refractivity contribution in [1.82, 2.24) is 4.90 Å². The first-order valence-electron chi connectivity index (χ1n) is 7.51. The van der Waals surface area contributed by atoms with E-state index in [4.69, 9.17) is 23.2 Å². The van der Waals surface area contributed by atoms with Crippen LogP contribution in [0.5, 0.6) is 0 Å². The van der Waals surface area contributed by atoms with Crippen LogP contribution in [0.3, 0.4) is 0 Å². The molecular weight excluding hydrogens is 392 g/mol. The molecule has 3 aliphatic rings. The average molecular weight is 412 g/mol. The molecule has 0 N–H and O–H groups in total. The number of rotatable bonds is 3. The fourth-order valence-electron chi connectivity index (χ4n) is 2.65. The first-order valence-corrected chi connectivity index (χ1v) is 9.49. The van der Waals surface area contributed by atoms with Crippen LogP contribution in [0.4, 0.5) is 0 Å². The van der Waals surface area contributed by atoms with Crippen molar-refractivity contribution in [3.8, 4) is 0 Å². The second-order valence-corrected chi connectivity index (χ2v) is 8.97. The number of nitrogens with zero attached hydrogens (tertiary/aromatic N) is 1. The van der Waals surface area contributed by atoms with Gasteiger partial charge in [0.15, 0.2) is 0 Å². The van der Waals surface area contributed by atoms with Gasteiger partial charge >= 0.3 is 41.3 Å². The second kappa shape index (κ2) is 8.09. The van der Waals surface area contributed by atoms with Crippen molar-refractivity contribution in [2.24, 2.45) is 5.92 Å². The van der Waals surface area contributed by atoms with Gasteiger partial charge in [-0.1, -0.05) is 66.7 Å². The summed E-state index contributed by atoms with van der Waals surface area (Å²) in [7, 11) is 0. The summed E-state index contributed by atoms with van der Waals surface area (Å²) in [4.78, 5) is 2.16. The monoisotopic (exact) mass is 410 g/mol. The Kier molecular flexibility index (Phi) is 6.68. The summed E-state index contributed by atoms with van der Waals surface area (Å²) in [6.07, 6.45) is 13.9. The predicted octanol–water partition coefficient (Wildman–Crippen LogP) is 5.23. The Morgan fingerprint density at radius 2 is 2.09 bits per heavy atom. The van der Waals surface area contributed by atoms with Gasteiger partial charge in [-0.05, 0) is 18.9 Å². The van der Waals surface area contributed by atoms with Crippen molar-refractivity contribution in [3.05, 3.63) is 57.4 Å². The van der Waals surface area contributed by atoms with Crippen molar-refractivity contribution in [2.45, 2.75) is 33.6 Å². The molecule has 1 unspecified atom stereocenters. The number of allylic oxidation sites excluding steroid dienone is 7. The molecular formula is C18H20Cl2NZr-. The van der Waals surface area contributed by atoms with Crippen LogP contribution in [-0.4, -0.2) is 14.7 Å². The Hall–Kier alpha value is -0.167. The van der Waals surface area contributed by atoms with Gasteiger partial charge in [0, 0.05) is 10.1 Å². The predicted molar refractivity (Wildman–Crippen MR) is 92.3 cm³/mol. The van der Waals surface area contributed by atoms with E-state index >= 15 is 0 Å². The summed E-state index contributed by atoms with van der Waals surface area (Å²) in [6, 6.07) is 0. The van der Waals surface area contributed by atoms with Crippen LogP contribution in [0.15, 0.2) is 51.2 Å². The Morgan fingerprint density at radius 3 is 2.64 bits per heavy atom. The summed E-state index contributed by atoms with van der Waals surface area (Å²) in [5.74, 6) is 0.108. The standard InChI is InChI=1S/C15H14Cl2N.C3H6.Zr/c1-2-7-18-9-11(10-5-3-4-6-10)14-13(18)8-12(16)15(14)17;1-3-2;/h3-5,8,14H,2,6-7H2,1H3;1-2H3;/q-1;;. The number of hydrogen-bond donors (Lipinski definition) is 0. The van der Waals surface area contributed by atoms with Crippen molar-refractivity contribution in [3.63, 3.8) is 0 Å². The summed E-state index contributed by atoms with van der Waals surface area (Å²) < 4.78 is 1.51. The molecule has 0 aromatic carbocycles. The van der Waals surface area contributed by atoms with E-state index in [1.54, 1.807) is 24.2 Å². The van der Waals surface area contributed by atoms with E-state index in [1.165, 1.54) is 20.0 Å². The molecule has 0 fully saturated rings. The van der Waals surface area contributed by atoms with Crippen LogP contribution in [0.2, 0.25) is 0 Å². The van der Waals surface area contributed by atoms with E-state index in [9.17, 15) is 0 Å². The summed E-state index contributed by atoms with van der Waals surface area (Å²) in [5.41, 5.74) is 3.66. The average Bonchev–Trinajstić information content (AvgIpc) is 3.11. The van der Waals surface area contributed by atoms with Gasteiger partial charge in [-0.2, -0.15) is 0 Å².